The minimum atomic E-state index is -0.951. The van der Waals surface area contributed by atoms with Gasteiger partial charge in [0.15, 0.2) is 0 Å². The van der Waals surface area contributed by atoms with E-state index >= 15 is 0 Å². The van der Waals surface area contributed by atoms with Gasteiger partial charge in [-0.05, 0) is 46.3 Å². The maximum absolute atomic E-state index is 11.1. The molecule has 0 aliphatic rings. The second-order valence-corrected chi connectivity index (χ2v) is 5.60. The molecule has 0 heterocycles. The van der Waals surface area contributed by atoms with Crippen LogP contribution < -0.4 is 0 Å². The van der Waals surface area contributed by atoms with Crippen molar-refractivity contribution in [3.8, 4) is 6.07 Å². The quantitative estimate of drug-likeness (QED) is 0.915. The average Bonchev–Trinajstić information content (AvgIpc) is 2.41. The zero-order valence-electron chi connectivity index (χ0n) is 9.63. The molecular formula is C14H8BrNO2S. The molecular weight excluding hydrogens is 326 g/mol. The summed E-state index contributed by atoms with van der Waals surface area (Å²) in [5.41, 5.74) is 0.825. The molecule has 2 aromatic rings. The largest absolute Gasteiger partial charge is 0.478 e. The van der Waals surface area contributed by atoms with Crippen molar-refractivity contribution in [2.75, 3.05) is 0 Å². The van der Waals surface area contributed by atoms with Gasteiger partial charge in [0.25, 0.3) is 0 Å². The van der Waals surface area contributed by atoms with E-state index in [4.69, 9.17) is 10.4 Å². The van der Waals surface area contributed by atoms with Crippen LogP contribution in [0.2, 0.25) is 0 Å². The van der Waals surface area contributed by atoms with Crippen LogP contribution >= 0.6 is 27.7 Å². The fourth-order valence-electron chi connectivity index (χ4n) is 1.50. The van der Waals surface area contributed by atoms with E-state index in [1.165, 1.54) is 11.8 Å². The fraction of sp³-hybridized carbons (Fsp3) is 0. The van der Waals surface area contributed by atoms with E-state index < -0.39 is 5.97 Å². The normalized spacial score (nSPS) is 9.89. The lowest BCUT2D eigenvalue weighted by atomic mass is 10.2. The second-order valence-electron chi connectivity index (χ2n) is 3.66. The van der Waals surface area contributed by atoms with Crippen molar-refractivity contribution >= 4 is 33.7 Å². The average molecular weight is 334 g/mol. The number of carbonyl (C=O) groups is 1. The fourth-order valence-corrected chi connectivity index (χ4v) is 3.07. The topological polar surface area (TPSA) is 61.1 Å². The van der Waals surface area contributed by atoms with Crippen molar-refractivity contribution in [1.82, 2.24) is 0 Å². The molecule has 0 saturated carbocycles. The van der Waals surface area contributed by atoms with E-state index in [9.17, 15) is 4.79 Å². The lowest BCUT2D eigenvalue weighted by Crippen LogP contribution is -1.98. The number of rotatable bonds is 3. The zero-order valence-corrected chi connectivity index (χ0v) is 12.0. The van der Waals surface area contributed by atoms with Crippen LogP contribution in [-0.4, -0.2) is 11.1 Å². The Morgan fingerprint density at radius 2 is 1.95 bits per heavy atom. The minimum absolute atomic E-state index is 0.267. The van der Waals surface area contributed by atoms with Crippen LogP contribution in [0.4, 0.5) is 0 Å². The van der Waals surface area contributed by atoms with Crippen molar-refractivity contribution in [3.05, 3.63) is 58.1 Å². The first kappa shape index (κ1) is 13.7. The van der Waals surface area contributed by atoms with Crippen molar-refractivity contribution < 1.29 is 9.90 Å². The number of carboxylic acids is 1. The first-order chi connectivity index (χ1) is 9.11. The Bertz CT molecular complexity index is 679. The lowest BCUT2D eigenvalue weighted by Gasteiger charge is -2.07. The van der Waals surface area contributed by atoms with E-state index in [0.29, 0.717) is 10.5 Å². The molecule has 5 heteroatoms. The summed E-state index contributed by atoms with van der Waals surface area (Å²) >= 11 is 4.74. The number of aromatic carboxylic acids is 1. The first-order valence-electron chi connectivity index (χ1n) is 5.31. The van der Waals surface area contributed by atoms with E-state index in [2.05, 4.69) is 22.0 Å². The highest BCUT2D eigenvalue weighted by Gasteiger charge is 2.11. The molecule has 2 aromatic carbocycles. The summed E-state index contributed by atoms with van der Waals surface area (Å²) in [6.07, 6.45) is 0. The number of hydrogen-bond donors (Lipinski definition) is 1. The molecule has 94 valence electrons. The molecule has 1 N–H and O–H groups in total. The highest BCUT2D eigenvalue weighted by Crippen LogP contribution is 2.35. The summed E-state index contributed by atoms with van der Waals surface area (Å²) in [4.78, 5) is 12.7. The number of nitrogens with zero attached hydrogens (tertiary/aromatic N) is 1. The summed E-state index contributed by atoms with van der Waals surface area (Å²) < 4.78 is 0.775. The molecule has 0 unspecified atom stereocenters. The molecule has 0 aliphatic carbocycles. The molecule has 0 spiro atoms. The lowest BCUT2D eigenvalue weighted by molar-refractivity contribution is 0.0693. The number of nitriles is 1. The Morgan fingerprint density at radius 1 is 1.21 bits per heavy atom. The third kappa shape index (κ3) is 3.16. The van der Waals surface area contributed by atoms with E-state index in [1.807, 2.05) is 0 Å². The highest BCUT2D eigenvalue weighted by atomic mass is 79.9. The molecule has 0 atom stereocenters. The highest BCUT2D eigenvalue weighted by molar-refractivity contribution is 9.10. The molecule has 2 rings (SSSR count). The molecule has 0 amide bonds. The van der Waals surface area contributed by atoms with Crippen LogP contribution in [0.3, 0.4) is 0 Å². The Labute approximate surface area is 123 Å². The first-order valence-corrected chi connectivity index (χ1v) is 6.92. The third-order valence-electron chi connectivity index (χ3n) is 2.40. The van der Waals surface area contributed by atoms with E-state index in [-0.39, 0.29) is 5.56 Å². The molecule has 0 aromatic heterocycles. The van der Waals surface area contributed by atoms with Gasteiger partial charge in [-0.3, -0.25) is 0 Å². The van der Waals surface area contributed by atoms with Crippen LogP contribution in [0.5, 0.6) is 0 Å². The van der Waals surface area contributed by atoms with Crippen molar-refractivity contribution in [2.24, 2.45) is 0 Å². The minimum Gasteiger partial charge on any atom is -0.478 e. The second kappa shape index (κ2) is 5.91. The third-order valence-corrected chi connectivity index (χ3v) is 4.47. The maximum Gasteiger partial charge on any atom is 0.336 e. The predicted octanol–water partition coefficient (Wildman–Crippen LogP) is 4.17. The number of hydrogen-bond acceptors (Lipinski definition) is 3. The van der Waals surface area contributed by atoms with Gasteiger partial charge in [0.2, 0.25) is 0 Å². The van der Waals surface area contributed by atoms with Gasteiger partial charge in [-0.25, -0.2) is 4.79 Å². The van der Waals surface area contributed by atoms with Crippen LogP contribution in [-0.2, 0) is 0 Å². The van der Waals surface area contributed by atoms with Gasteiger partial charge in [0, 0.05) is 14.3 Å². The molecule has 19 heavy (non-hydrogen) atoms. The number of carboxylic acid groups (broad SMARTS) is 1. The predicted molar refractivity (Wildman–Crippen MR) is 76.4 cm³/mol. The van der Waals surface area contributed by atoms with Crippen LogP contribution in [0, 0.1) is 11.3 Å². The Morgan fingerprint density at radius 3 is 2.58 bits per heavy atom. The van der Waals surface area contributed by atoms with Gasteiger partial charge >= 0.3 is 5.97 Å². The number of benzene rings is 2. The van der Waals surface area contributed by atoms with E-state index in [0.717, 1.165) is 9.37 Å². The molecule has 0 radical (unpaired) electrons. The van der Waals surface area contributed by atoms with Gasteiger partial charge in [-0.1, -0.05) is 23.9 Å². The van der Waals surface area contributed by atoms with Crippen molar-refractivity contribution in [1.29, 1.82) is 5.26 Å². The summed E-state index contributed by atoms with van der Waals surface area (Å²) in [7, 11) is 0. The Hall–Kier alpha value is -1.77. The molecule has 0 bridgehead atoms. The molecule has 0 aliphatic heterocycles. The number of halogens is 1. The smallest absolute Gasteiger partial charge is 0.336 e. The van der Waals surface area contributed by atoms with Gasteiger partial charge in [-0.2, -0.15) is 5.26 Å². The zero-order chi connectivity index (χ0) is 13.8. The SMILES string of the molecule is N#Cc1ccc(Sc2ccccc2C(=O)O)c(Br)c1. The summed E-state index contributed by atoms with van der Waals surface area (Å²) in [5.74, 6) is -0.951. The molecule has 0 fully saturated rings. The molecule has 0 saturated heterocycles. The standard InChI is InChI=1S/C14H8BrNO2S/c15-11-7-9(8-16)5-6-13(11)19-12-4-2-1-3-10(12)14(17)18/h1-7H,(H,17,18). The van der Waals surface area contributed by atoms with Gasteiger partial charge in [0.05, 0.1) is 17.2 Å². The monoisotopic (exact) mass is 333 g/mol. The van der Waals surface area contributed by atoms with Crippen LogP contribution in [0.15, 0.2) is 56.7 Å². The van der Waals surface area contributed by atoms with Crippen LogP contribution in [0.25, 0.3) is 0 Å². The summed E-state index contributed by atoms with van der Waals surface area (Å²) in [5, 5.41) is 17.9. The Kier molecular flexibility index (Phi) is 4.25. The summed E-state index contributed by atoms with van der Waals surface area (Å²) in [6.45, 7) is 0. The summed E-state index contributed by atoms with van der Waals surface area (Å²) in [6, 6.07) is 14.1. The van der Waals surface area contributed by atoms with Crippen molar-refractivity contribution in [3.63, 3.8) is 0 Å². The molecule has 3 nitrogen and oxygen atoms in total. The van der Waals surface area contributed by atoms with Crippen molar-refractivity contribution in [2.45, 2.75) is 9.79 Å². The van der Waals surface area contributed by atoms with Gasteiger partial charge < -0.3 is 5.11 Å². The van der Waals surface area contributed by atoms with Crippen LogP contribution in [0.1, 0.15) is 15.9 Å². The van der Waals surface area contributed by atoms with Gasteiger partial charge in [-0.15, -0.1) is 0 Å². The van der Waals surface area contributed by atoms with E-state index in [1.54, 1.807) is 42.5 Å². The van der Waals surface area contributed by atoms with Gasteiger partial charge in [0.1, 0.15) is 0 Å². The Balaban J connectivity index is 2.37. The maximum atomic E-state index is 11.1.